The Morgan fingerprint density at radius 3 is 2.81 bits per heavy atom. The van der Waals surface area contributed by atoms with Gasteiger partial charge in [0.15, 0.2) is 0 Å². The highest BCUT2D eigenvalue weighted by atomic mass is 15.4. The van der Waals surface area contributed by atoms with Crippen molar-refractivity contribution < 1.29 is 0 Å². The van der Waals surface area contributed by atoms with Crippen LogP contribution in [0.2, 0.25) is 0 Å². The summed E-state index contributed by atoms with van der Waals surface area (Å²) in [6, 6.07) is 11.5. The van der Waals surface area contributed by atoms with Crippen LogP contribution in [0.1, 0.15) is 61.9 Å². The second-order valence-electron chi connectivity index (χ2n) is 6.23. The van der Waals surface area contributed by atoms with Gasteiger partial charge in [-0.05, 0) is 25.3 Å². The SMILES string of the molecule is CCCC(C)c1cc2n(n1)C(c1ccc(C)cc1)CCN2. The highest BCUT2D eigenvalue weighted by Crippen LogP contribution is 2.32. The zero-order valence-corrected chi connectivity index (χ0v) is 13.3. The molecule has 3 rings (SSSR count). The Morgan fingerprint density at radius 2 is 2.10 bits per heavy atom. The summed E-state index contributed by atoms with van der Waals surface area (Å²) in [4.78, 5) is 0. The number of anilines is 1. The molecule has 21 heavy (non-hydrogen) atoms. The van der Waals surface area contributed by atoms with Gasteiger partial charge in [0.2, 0.25) is 0 Å². The van der Waals surface area contributed by atoms with E-state index in [2.05, 4.69) is 61.1 Å². The second kappa shape index (κ2) is 5.92. The van der Waals surface area contributed by atoms with E-state index in [0.717, 1.165) is 13.0 Å². The lowest BCUT2D eigenvalue weighted by molar-refractivity contribution is 0.473. The van der Waals surface area contributed by atoms with E-state index in [0.29, 0.717) is 12.0 Å². The van der Waals surface area contributed by atoms with Crippen LogP contribution in [0, 0.1) is 6.92 Å². The molecule has 0 radical (unpaired) electrons. The zero-order chi connectivity index (χ0) is 14.8. The third kappa shape index (κ3) is 2.82. The summed E-state index contributed by atoms with van der Waals surface area (Å²) >= 11 is 0. The summed E-state index contributed by atoms with van der Waals surface area (Å²) in [5, 5.41) is 8.40. The van der Waals surface area contributed by atoms with Gasteiger partial charge in [0, 0.05) is 18.5 Å². The van der Waals surface area contributed by atoms with E-state index in [1.807, 2.05) is 0 Å². The molecule has 1 aromatic heterocycles. The molecular formula is C18H25N3. The topological polar surface area (TPSA) is 29.9 Å². The summed E-state index contributed by atoms with van der Waals surface area (Å²) in [6.45, 7) is 7.67. The van der Waals surface area contributed by atoms with Crippen molar-refractivity contribution >= 4 is 5.82 Å². The fourth-order valence-corrected chi connectivity index (χ4v) is 3.16. The largest absolute Gasteiger partial charge is 0.370 e. The first-order valence-corrected chi connectivity index (χ1v) is 8.09. The molecule has 0 saturated heterocycles. The molecule has 0 fully saturated rings. The highest BCUT2D eigenvalue weighted by Gasteiger charge is 2.24. The van der Waals surface area contributed by atoms with Crippen molar-refractivity contribution in [2.75, 3.05) is 11.9 Å². The van der Waals surface area contributed by atoms with Crippen molar-refractivity contribution in [1.82, 2.24) is 9.78 Å². The number of aryl methyl sites for hydroxylation is 1. The van der Waals surface area contributed by atoms with Gasteiger partial charge in [-0.25, -0.2) is 4.68 Å². The molecule has 2 heterocycles. The van der Waals surface area contributed by atoms with Gasteiger partial charge in [0.1, 0.15) is 5.82 Å². The fraction of sp³-hybridized carbons (Fsp3) is 0.500. The van der Waals surface area contributed by atoms with E-state index < -0.39 is 0 Å². The lowest BCUT2D eigenvalue weighted by Crippen LogP contribution is -2.24. The van der Waals surface area contributed by atoms with E-state index in [1.165, 1.54) is 35.5 Å². The minimum absolute atomic E-state index is 0.365. The Kier molecular flexibility index (Phi) is 4.00. The van der Waals surface area contributed by atoms with Gasteiger partial charge in [0.05, 0.1) is 11.7 Å². The number of nitrogens with one attached hydrogen (secondary N) is 1. The molecule has 0 aliphatic carbocycles. The summed E-state index contributed by atoms with van der Waals surface area (Å²) in [7, 11) is 0. The Hall–Kier alpha value is -1.77. The van der Waals surface area contributed by atoms with E-state index >= 15 is 0 Å². The van der Waals surface area contributed by atoms with E-state index in [9.17, 15) is 0 Å². The number of hydrogen-bond acceptors (Lipinski definition) is 2. The molecule has 1 aliphatic rings. The van der Waals surface area contributed by atoms with Crippen LogP contribution >= 0.6 is 0 Å². The molecule has 3 nitrogen and oxygen atoms in total. The Balaban J connectivity index is 1.92. The first-order chi connectivity index (χ1) is 10.2. The van der Waals surface area contributed by atoms with Crippen molar-refractivity contribution in [1.29, 1.82) is 0 Å². The maximum Gasteiger partial charge on any atom is 0.125 e. The third-order valence-electron chi connectivity index (χ3n) is 4.46. The number of aromatic nitrogens is 2. The predicted molar refractivity (Wildman–Crippen MR) is 88.0 cm³/mol. The molecule has 2 atom stereocenters. The van der Waals surface area contributed by atoms with Crippen LogP contribution in [-0.4, -0.2) is 16.3 Å². The summed E-state index contributed by atoms with van der Waals surface area (Å²) < 4.78 is 2.19. The second-order valence-corrected chi connectivity index (χ2v) is 6.23. The van der Waals surface area contributed by atoms with Gasteiger partial charge in [-0.15, -0.1) is 0 Å². The highest BCUT2D eigenvalue weighted by molar-refractivity contribution is 5.42. The van der Waals surface area contributed by atoms with E-state index in [4.69, 9.17) is 5.10 Å². The standard InChI is InChI=1S/C18H25N3/c1-4-5-14(3)16-12-18-19-11-10-17(21(18)20-16)15-8-6-13(2)7-9-15/h6-9,12,14,17,19H,4-5,10-11H2,1-3H3. The van der Waals surface area contributed by atoms with Gasteiger partial charge in [-0.2, -0.15) is 5.10 Å². The molecule has 2 unspecified atom stereocenters. The van der Waals surface area contributed by atoms with Crippen molar-refractivity contribution in [3.8, 4) is 0 Å². The summed E-state index contributed by atoms with van der Waals surface area (Å²) in [6.07, 6.45) is 3.50. The quantitative estimate of drug-likeness (QED) is 0.895. The molecular weight excluding hydrogens is 258 g/mol. The Labute approximate surface area is 127 Å². The number of fused-ring (bicyclic) bond motifs is 1. The van der Waals surface area contributed by atoms with Gasteiger partial charge in [-0.1, -0.05) is 50.1 Å². The van der Waals surface area contributed by atoms with E-state index in [-0.39, 0.29) is 0 Å². The molecule has 3 heteroatoms. The molecule has 2 aromatic rings. The maximum absolute atomic E-state index is 4.90. The van der Waals surface area contributed by atoms with Gasteiger partial charge in [-0.3, -0.25) is 0 Å². The maximum atomic E-state index is 4.90. The van der Waals surface area contributed by atoms with Gasteiger partial charge < -0.3 is 5.32 Å². The molecule has 1 aromatic carbocycles. The molecule has 112 valence electrons. The first-order valence-electron chi connectivity index (χ1n) is 8.09. The smallest absolute Gasteiger partial charge is 0.125 e. The molecule has 1 aliphatic heterocycles. The van der Waals surface area contributed by atoms with Crippen molar-refractivity contribution in [3.63, 3.8) is 0 Å². The third-order valence-corrected chi connectivity index (χ3v) is 4.46. The summed E-state index contributed by atoms with van der Waals surface area (Å²) in [5.74, 6) is 1.71. The van der Waals surface area contributed by atoms with Crippen LogP contribution < -0.4 is 5.32 Å². The van der Waals surface area contributed by atoms with Gasteiger partial charge in [0.25, 0.3) is 0 Å². The predicted octanol–water partition coefficient (Wildman–Crippen LogP) is 4.50. The van der Waals surface area contributed by atoms with Gasteiger partial charge >= 0.3 is 0 Å². The van der Waals surface area contributed by atoms with Crippen LogP contribution in [0.25, 0.3) is 0 Å². The fourth-order valence-electron chi connectivity index (χ4n) is 3.16. The molecule has 0 saturated carbocycles. The molecule has 1 N–H and O–H groups in total. The van der Waals surface area contributed by atoms with Crippen LogP contribution in [0.4, 0.5) is 5.82 Å². The van der Waals surface area contributed by atoms with E-state index in [1.54, 1.807) is 0 Å². The van der Waals surface area contributed by atoms with Crippen LogP contribution in [0.5, 0.6) is 0 Å². The Morgan fingerprint density at radius 1 is 1.33 bits per heavy atom. The molecule has 0 spiro atoms. The first kappa shape index (κ1) is 14.2. The van der Waals surface area contributed by atoms with Crippen molar-refractivity contribution in [2.24, 2.45) is 0 Å². The lowest BCUT2D eigenvalue weighted by Gasteiger charge is -2.26. The van der Waals surface area contributed by atoms with Crippen molar-refractivity contribution in [3.05, 3.63) is 47.2 Å². The molecule has 0 bridgehead atoms. The summed E-state index contributed by atoms with van der Waals surface area (Å²) in [5.41, 5.74) is 3.89. The minimum Gasteiger partial charge on any atom is -0.370 e. The van der Waals surface area contributed by atoms with Crippen LogP contribution in [0.15, 0.2) is 30.3 Å². The number of rotatable bonds is 4. The van der Waals surface area contributed by atoms with Crippen molar-refractivity contribution in [2.45, 2.75) is 52.0 Å². The average molecular weight is 283 g/mol. The number of nitrogens with zero attached hydrogens (tertiary/aromatic N) is 2. The normalized spacial score (nSPS) is 18.9. The van der Waals surface area contributed by atoms with Crippen LogP contribution in [-0.2, 0) is 0 Å². The monoisotopic (exact) mass is 283 g/mol. The lowest BCUT2D eigenvalue weighted by atomic mass is 10.0. The Bertz CT molecular complexity index is 597. The number of benzene rings is 1. The minimum atomic E-state index is 0.365. The average Bonchev–Trinajstić information content (AvgIpc) is 2.92. The zero-order valence-electron chi connectivity index (χ0n) is 13.3. The van der Waals surface area contributed by atoms with Crippen LogP contribution in [0.3, 0.4) is 0 Å². The molecule has 0 amide bonds. The number of hydrogen-bond donors (Lipinski definition) is 1.